The number of piperidine rings is 1. The Labute approximate surface area is 129 Å². The predicted octanol–water partition coefficient (Wildman–Crippen LogP) is 4.10. The maximum atomic E-state index is 13.7. The van der Waals surface area contributed by atoms with Crippen molar-refractivity contribution in [1.82, 2.24) is 4.90 Å². The number of nitrogens with two attached hydrogens (primary N) is 1. The van der Waals surface area contributed by atoms with Crippen LogP contribution in [0.25, 0.3) is 0 Å². The van der Waals surface area contributed by atoms with Crippen molar-refractivity contribution < 1.29 is 4.39 Å². The Morgan fingerprint density at radius 1 is 1.40 bits per heavy atom. The molecule has 0 aliphatic carbocycles. The number of hydrogen-bond donors (Lipinski definition) is 1. The number of likely N-dealkylation sites (tertiary alicyclic amines) is 1. The zero-order valence-electron chi connectivity index (χ0n) is 12.3. The summed E-state index contributed by atoms with van der Waals surface area (Å²) in [5, 5.41) is 0. The van der Waals surface area contributed by atoms with Crippen LogP contribution in [0.5, 0.6) is 0 Å². The summed E-state index contributed by atoms with van der Waals surface area (Å²) in [6, 6.07) is 5.47. The van der Waals surface area contributed by atoms with Gasteiger partial charge in [0, 0.05) is 12.6 Å². The first-order valence-electron chi connectivity index (χ1n) is 7.38. The van der Waals surface area contributed by atoms with Crippen LogP contribution in [0.2, 0.25) is 0 Å². The minimum atomic E-state index is -0.212. The molecule has 2 rings (SSSR count). The Morgan fingerprint density at radius 2 is 2.05 bits per heavy atom. The summed E-state index contributed by atoms with van der Waals surface area (Å²) in [4.78, 5) is 2.40. The fraction of sp³-hybridized carbons (Fsp3) is 0.625. The third kappa shape index (κ3) is 3.41. The van der Waals surface area contributed by atoms with E-state index in [2.05, 4.69) is 34.7 Å². The summed E-state index contributed by atoms with van der Waals surface area (Å²) >= 11 is 3.20. The molecular weight excluding hydrogens is 319 g/mol. The van der Waals surface area contributed by atoms with Crippen LogP contribution in [0.15, 0.2) is 22.7 Å². The number of hydrogen-bond acceptors (Lipinski definition) is 2. The molecule has 1 atom stereocenters. The molecule has 1 saturated heterocycles. The Bertz CT molecular complexity index is 456. The van der Waals surface area contributed by atoms with Crippen molar-refractivity contribution in [2.45, 2.75) is 39.2 Å². The van der Waals surface area contributed by atoms with E-state index in [4.69, 9.17) is 5.73 Å². The van der Waals surface area contributed by atoms with Gasteiger partial charge < -0.3 is 5.73 Å². The molecule has 0 spiro atoms. The van der Waals surface area contributed by atoms with Crippen LogP contribution in [0.3, 0.4) is 0 Å². The van der Waals surface area contributed by atoms with Gasteiger partial charge in [0.2, 0.25) is 0 Å². The standard InChI is InChI=1S/C16H24BrFN2/c1-3-16(2)6-8-20(9-7-16)15(11-19)12-4-5-13(17)14(18)10-12/h4-5,10,15H,3,6-9,11,19H2,1-2H3. The fourth-order valence-corrected chi connectivity index (χ4v) is 3.19. The lowest BCUT2D eigenvalue weighted by atomic mass is 9.78. The highest BCUT2D eigenvalue weighted by Crippen LogP contribution is 2.37. The van der Waals surface area contributed by atoms with Gasteiger partial charge in [-0.3, -0.25) is 4.90 Å². The Balaban J connectivity index is 2.11. The number of nitrogens with zero attached hydrogens (tertiary/aromatic N) is 1. The number of benzene rings is 1. The first kappa shape index (κ1) is 15.9. The molecule has 0 bridgehead atoms. The maximum absolute atomic E-state index is 13.7. The van der Waals surface area contributed by atoms with Gasteiger partial charge >= 0.3 is 0 Å². The van der Waals surface area contributed by atoms with Crippen molar-refractivity contribution in [3.63, 3.8) is 0 Å². The van der Waals surface area contributed by atoms with Crippen LogP contribution in [-0.2, 0) is 0 Å². The highest BCUT2D eigenvalue weighted by Gasteiger charge is 2.31. The van der Waals surface area contributed by atoms with Gasteiger partial charge in [-0.2, -0.15) is 0 Å². The van der Waals surface area contributed by atoms with E-state index in [0.717, 1.165) is 18.7 Å². The molecule has 2 N–H and O–H groups in total. The Morgan fingerprint density at radius 3 is 2.55 bits per heavy atom. The Hall–Kier alpha value is -0.450. The van der Waals surface area contributed by atoms with Crippen molar-refractivity contribution in [1.29, 1.82) is 0 Å². The van der Waals surface area contributed by atoms with Gasteiger partial charge in [-0.25, -0.2) is 4.39 Å². The van der Waals surface area contributed by atoms with Crippen LogP contribution >= 0.6 is 15.9 Å². The molecule has 0 saturated carbocycles. The van der Waals surface area contributed by atoms with Crippen LogP contribution in [0.4, 0.5) is 4.39 Å². The lowest BCUT2D eigenvalue weighted by Gasteiger charge is -2.42. The highest BCUT2D eigenvalue weighted by molar-refractivity contribution is 9.10. The fourth-order valence-electron chi connectivity index (χ4n) is 2.94. The second-order valence-corrected chi connectivity index (χ2v) is 6.98. The normalized spacial score (nSPS) is 20.9. The maximum Gasteiger partial charge on any atom is 0.137 e. The molecule has 0 aromatic heterocycles. The average molecular weight is 343 g/mol. The van der Waals surface area contributed by atoms with Crippen molar-refractivity contribution in [3.8, 4) is 0 Å². The molecule has 1 fully saturated rings. The minimum absolute atomic E-state index is 0.124. The van der Waals surface area contributed by atoms with Crippen LogP contribution in [0, 0.1) is 11.2 Å². The highest BCUT2D eigenvalue weighted by atomic mass is 79.9. The van der Waals surface area contributed by atoms with E-state index in [1.54, 1.807) is 12.1 Å². The first-order valence-corrected chi connectivity index (χ1v) is 8.17. The van der Waals surface area contributed by atoms with Gasteiger partial charge in [0.05, 0.1) is 4.47 Å². The molecule has 20 heavy (non-hydrogen) atoms. The molecule has 112 valence electrons. The molecule has 1 heterocycles. The SMILES string of the molecule is CCC1(C)CCN(C(CN)c2ccc(Br)c(F)c2)CC1. The summed E-state index contributed by atoms with van der Waals surface area (Å²) < 4.78 is 14.2. The average Bonchev–Trinajstić information content (AvgIpc) is 2.46. The van der Waals surface area contributed by atoms with Crippen molar-refractivity contribution >= 4 is 15.9 Å². The summed E-state index contributed by atoms with van der Waals surface area (Å²) in [5.41, 5.74) is 7.39. The second kappa shape index (κ2) is 6.54. The largest absolute Gasteiger partial charge is 0.329 e. The third-order valence-electron chi connectivity index (χ3n) is 4.85. The van der Waals surface area contributed by atoms with Gasteiger partial charge in [-0.05, 0) is 65.0 Å². The zero-order valence-corrected chi connectivity index (χ0v) is 13.9. The van der Waals surface area contributed by atoms with Gasteiger partial charge in [0.25, 0.3) is 0 Å². The van der Waals surface area contributed by atoms with Crippen LogP contribution in [-0.4, -0.2) is 24.5 Å². The van der Waals surface area contributed by atoms with E-state index in [9.17, 15) is 4.39 Å². The topological polar surface area (TPSA) is 29.3 Å². The summed E-state index contributed by atoms with van der Waals surface area (Å²) in [5.74, 6) is -0.212. The van der Waals surface area contributed by atoms with E-state index in [0.29, 0.717) is 16.4 Å². The quantitative estimate of drug-likeness (QED) is 0.892. The van der Waals surface area contributed by atoms with Crippen molar-refractivity contribution in [3.05, 3.63) is 34.1 Å². The smallest absolute Gasteiger partial charge is 0.137 e. The Kier molecular flexibility index (Phi) is 5.21. The van der Waals surface area contributed by atoms with Gasteiger partial charge in [-0.1, -0.05) is 26.3 Å². The van der Waals surface area contributed by atoms with Crippen molar-refractivity contribution in [2.24, 2.45) is 11.1 Å². The third-order valence-corrected chi connectivity index (χ3v) is 5.49. The first-order chi connectivity index (χ1) is 9.49. The predicted molar refractivity (Wildman–Crippen MR) is 85.1 cm³/mol. The molecule has 4 heteroatoms. The molecule has 2 nitrogen and oxygen atoms in total. The molecule has 1 aromatic carbocycles. The summed E-state index contributed by atoms with van der Waals surface area (Å²) in [6.07, 6.45) is 3.61. The minimum Gasteiger partial charge on any atom is -0.329 e. The lowest BCUT2D eigenvalue weighted by molar-refractivity contribution is 0.0828. The van der Waals surface area contributed by atoms with E-state index >= 15 is 0 Å². The van der Waals surface area contributed by atoms with Crippen molar-refractivity contribution in [2.75, 3.05) is 19.6 Å². The molecule has 1 unspecified atom stereocenters. The van der Waals surface area contributed by atoms with Gasteiger partial charge in [0.15, 0.2) is 0 Å². The molecule has 0 radical (unpaired) electrons. The number of halogens is 2. The van der Waals surface area contributed by atoms with Gasteiger partial charge in [-0.15, -0.1) is 0 Å². The van der Waals surface area contributed by atoms with E-state index in [-0.39, 0.29) is 11.9 Å². The molecule has 0 amide bonds. The summed E-state index contributed by atoms with van der Waals surface area (Å²) in [6.45, 7) is 7.25. The van der Waals surface area contributed by atoms with E-state index in [1.165, 1.54) is 19.3 Å². The monoisotopic (exact) mass is 342 g/mol. The molecule has 1 aliphatic rings. The van der Waals surface area contributed by atoms with Crippen LogP contribution in [0.1, 0.15) is 44.7 Å². The van der Waals surface area contributed by atoms with Crippen LogP contribution < -0.4 is 5.73 Å². The van der Waals surface area contributed by atoms with Gasteiger partial charge in [0.1, 0.15) is 5.82 Å². The lowest BCUT2D eigenvalue weighted by Crippen LogP contribution is -2.42. The molecular formula is C16H24BrFN2. The van der Waals surface area contributed by atoms with E-state index < -0.39 is 0 Å². The summed E-state index contributed by atoms with van der Waals surface area (Å²) in [7, 11) is 0. The zero-order chi connectivity index (χ0) is 14.8. The number of rotatable bonds is 4. The molecule has 1 aliphatic heterocycles. The second-order valence-electron chi connectivity index (χ2n) is 6.13. The molecule has 1 aromatic rings. The van der Waals surface area contributed by atoms with E-state index in [1.807, 2.05) is 6.07 Å².